The topological polar surface area (TPSA) is 96.3 Å². The van der Waals surface area contributed by atoms with E-state index in [4.69, 9.17) is 5.10 Å². The molecule has 1 aromatic heterocycles. The van der Waals surface area contributed by atoms with E-state index >= 15 is 0 Å². The summed E-state index contributed by atoms with van der Waals surface area (Å²) in [6, 6.07) is 9.56. The molecule has 2 aromatic carbocycles. The van der Waals surface area contributed by atoms with Gasteiger partial charge in [0.2, 0.25) is 11.8 Å². The molecular formula is C27H27N5O3. The molecule has 4 aliphatic rings. The van der Waals surface area contributed by atoms with Gasteiger partial charge in [0.05, 0.1) is 17.9 Å². The molecule has 2 atom stereocenters. The first-order chi connectivity index (χ1) is 17.0. The van der Waals surface area contributed by atoms with Gasteiger partial charge in [0.1, 0.15) is 6.04 Å². The quantitative estimate of drug-likeness (QED) is 0.573. The number of imide groups is 1. The highest BCUT2D eigenvalue weighted by molar-refractivity contribution is 6.27. The number of hydrogen-bond acceptors (Lipinski definition) is 5. The number of rotatable bonds is 4. The van der Waals surface area contributed by atoms with E-state index in [9.17, 15) is 14.4 Å². The van der Waals surface area contributed by atoms with Crippen LogP contribution in [0.5, 0.6) is 0 Å². The fraction of sp³-hybridized carbons (Fsp3) is 0.407. The van der Waals surface area contributed by atoms with Gasteiger partial charge in [-0.05, 0) is 67.3 Å². The zero-order valence-electron chi connectivity index (χ0n) is 19.4. The second kappa shape index (κ2) is 7.49. The molecule has 3 fully saturated rings. The minimum Gasteiger partial charge on any atom is -0.311 e. The molecule has 0 bridgehead atoms. The molecule has 8 nitrogen and oxygen atoms in total. The van der Waals surface area contributed by atoms with E-state index in [1.54, 1.807) is 4.90 Å². The van der Waals surface area contributed by atoms with Crippen molar-refractivity contribution in [3.05, 3.63) is 59.4 Å². The molecule has 1 spiro atoms. The Morgan fingerprint density at radius 1 is 1.09 bits per heavy atom. The van der Waals surface area contributed by atoms with Crippen LogP contribution in [-0.2, 0) is 16.0 Å². The smallest absolute Gasteiger partial charge is 0.259 e. The molecule has 2 N–H and O–H groups in total. The van der Waals surface area contributed by atoms with E-state index < -0.39 is 11.9 Å². The molecule has 0 radical (unpaired) electrons. The van der Waals surface area contributed by atoms with Crippen molar-refractivity contribution in [3.8, 4) is 0 Å². The molecule has 1 saturated carbocycles. The lowest BCUT2D eigenvalue weighted by Gasteiger charge is -2.30. The summed E-state index contributed by atoms with van der Waals surface area (Å²) in [5, 5.41) is 12.7. The number of nitrogens with one attached hydrogen (secondary N) is 2. The van der Waals surface area contributed by atoms with Crippen LogP contribution in [0.4, 0.5) is 5.69 Å². The fourth-order valence-corrected chi connectivity index (χ4v) is 6.23. The highest BCUT2D eigenvalue weighted by Gasteiger charge is 2.46. The van der Waals surface area contributed by atoms with Crippen LogP contribution in [0.3, 0.4) is 0 Å². The maximum Gasteiger partial charge on any atom is 0.259 e. The lowest BCUT2D eigenvalue weighted by molar-refractivity contribution is -0.134. The molecule has 1 aliphatic carbocycles. The van der Waals surface area contributed by atoms with Crippen molar-refractivity contribution in [2.75, 3.05) is 11.4 Å². The van der Waals surface area contributed by atoms with Crippen molar-refractivity contribution in [1.29, 1.82) is 0 Å². The Morgan fingerprint density at radius 2 is 1.97 bits per heavy atom. The number of carbonyl (C=O) groups excluding carboxylic acids is 3. The number of carbonyl (C=O) groups is 3. The van der Waals surface area contributed by atoms with E-state index in [1.807, 2.05) is 30.5 Å². The number of nitrogens with zero attached hydrogens (tertiary/aromatic N) is 3. The number of anilines is 1. The van der Waals surface area contributed by atoms with Gasteiger partial charge in [0.25, 0.3) is 5.91 Å². The minimum atomic E-state index is -0.667. The van der Waals surface area contributed by atoms with Crippen LogP contribution in [0.1, 0.15) is 66.1 Å². The predicted molar refractivity (Wildman–Crippen MR) is 130 cm³/mol. The number of hydrogen-bond donors (Lipinski definition) is 2. The lowest BCUT2D eigenvalue weighted by atomic mass is 9.96. The molecule has 3 aromatic rings. The van der Waals surface area contributed by atoms with Gasteiger partial charge in [-0.2, -0.15) is 5.10 Å². The van der Waals surface area contributed by atoms with Crippen molar-refractivity contribution in [1.82, 2.24) is 20.4 Å². The zero-order chi connectivity index (χ0) is 23.7. The fourth-order valence-electron chi connectivity index (χ4n) is 6.23. The van der Waals surface area contributed by atoms with Gasteiger partial charge < -0.3 is 5.32 Å². The summed E-state index contributed by atoms with van der Waals surface area (Å²) in [5.74, 6) is -0.865. The van der Waals surface area contributed by atoms with Crippen molar-refractivity contribution >= 4 is 34.2 Å². The van der Waals surface area contributed by atoms with E-state index in [1.165, 1.54) is 12.8 Å². The predicted octanol–water partition coefficient (Wildman–Crippen LogP) is 2.85. The van der Waals surface area contributed by atoms with Gasteiger partial charge in [-0.15, -0.1) is 0 Å². The first kappa shape index (κ1) is 20.8. The molecule has 7 rings (SSSR count). The van der Waals surface area contributed by atoms with Gasteiger partial charge >= 0.3 is 0 Å². The van der Waals surface area contributed by atoms with Crippen LogP contribution >= 0.6 is 0 Å². The summed E-state index contributed by atoms with van der Waals surface area (Å²) >= 11 is 0. The monoisotopic (exact) mass is 469 g/mol. The van der Waals surface area contributed by atoms with Gasteiger partial charge in [-0.1, -0.05) is 18.2 Å². The van der Waals surface area contributed by atoms with Gasteiger partial charge in [-0.3, -0.25) is 29.3 Å². The summed E-state index contributed by atoms with van der Waals surface area (Å²) < 4.78 is 2.14. The molecule has 4 heterocycles. The number of aromatic nitrogens is 2. The average Bonchev–Trinajstić information content (AvgIpc) is 3.30. The van der Waals surface area contributed by atoms with E-state index in [-0.39, 0.29) is 18.2 Å². The van der Waals surface area contributed by atoms with Crippen LogP contribution in [0.15, 0.2) is 42.7 Å². The highest BCUT2D eigenvalue weighted by Crippen LogP contribution is 2.45. The van der Waals surface area contributed by atoms with Crippen molar-refractivity contribution < 1.29 is 14.4 Å². The van der Waals surface area contributed by atoms with Gasteiger partial charge in [0.15, 0.2) is 0 Å². The SMILES string of the molecule is O=C1CCC(N2C(=O)c3cccc4c(Cc5cnn(C6CCNC7(CC7)C6)c5)ccc2c34)C(=O)N1. The third-order valence-electron chi connectivity index (χ3n) is 8.22. The lowest BCUT2D eigenvalue weighted by Crippen LogP contribution is -2.53. The summed E-state index contributed by atoms with van der Waals surface area (Å²) in [6.45, 7) is 1.05. The van der Waals surface area contributed by atoms with Gasteiger partial charge in [-0.25, -0.2) is 0 Å². The van der Waals surface area contributed by atoms with Crippen LogP contribution in [-0.4, -0.2) is 45.6 Å². The van der Waals surface area contributed by atoms with Crippen LogP contribution in [0, 0.1) is 0 Å². The Kier molecular flexibility index (Phi) is 4.45. The summed E-state index contributed by atoms with van der Waals surface area (Å²) in [6.07, 6.45) is 10.2. The molecular weight excluding hydrogens is 442 g/mol. The molecule has 2 saturated heterocycles. The molecule has 3 amide bonds. The normalized spacial score (nSPS) is 24.9. The maximum atomic E-state index is 13.4. The Morgan fingerprint density at radius 3 is 2.80 bits per heavy atom. The Bertz CT molecular complexity index is 1410. The molecule has 178 valence electrons. The largest absolute Gasteiger partial charge is 0.311 e. The number of benzene rings is 2. The second-order valence-corrected chi connectivity index (χ2v) is 10.5. The molecule has 2 unspecified atom stereocenters. The van der Waals surface area contributed by atoms with E-state index in [0.717, 1.165) is 53.4 Å². The molecule has 8 heteroatoms. The van der Waals surface area contributed by atoms with Crippen LogP contribution in [0.25, 0.3) is 10.8 Å². The van der Waals surface area contributed by atoms with Crippen molar-refractivity contribution in [3.63, 3.8) is 0 Å². The maximum absolute atomic E-state index is 13.4. The first-order valence-corrected chi connectivity index (χ1v) is 12.5. The highest BCUT2D eigenvalue weighted by atomic mass is 16.2. The Hall–Kier alpha value is -3.52. The average molecular weight is 470 g/mol. The second-order valence-electron chi connectivity index (χ2n) is 10.5. The number of amides is 3. The first-order valence-electron chi connectivity index (χ1n) is 12.5. The van der Waals surface area contributed by atoms with Crippen LogP contribution in [0.2, 0.25) is 0 Å². The summed E-state index contributed by atoms with van der Waals surface area (Å²) in [7, 11) is 0. The summed E-state index contributed by atoms with van der Waals surface area (Å²) in [4.78, 5) is 39.1. The van der Waals surface area contributed by atoms with E-state index in [0.29, 0.717) is 23.6 Å². The van der Waals surface area contributed by atoms with Crippen molar-refractivity contribution in [2.24, 2.45) is 0 Å². The van der Waals surface area contributed by atoms with E-state index in [2.05, 4.69) is 27.6 Å². The van der Waals surface area contributed by atoms with Crippen LogP contribution < -0.4 is 15.5 Å². The van der Waals surface area contributed by atoms with Gasteiger partial charge in [0, 0.05) is 35.5 Å². The third kappa shape index (κ3) is 3.31. The molecule has 3 aliphatic heterocycles. The zero-order valence-corrected chi connectivity index (χ0v) is 19.4. The number of piperidine rings is 2. The minimum absolute atomic E-state index is 0.176. The summed E-state index contributed by atoms with van der Waals surface area (Å²) in [5.41, 5.74) is 4.00. The Balaban J connectivity index is 1.20. The third-order valence-corrected chi connectivity index (χ3v) is 8.22. The molecule has 35 heavy (non-hydrogen) atoms. The Labute approximate surface area is 202 Å². The standard InChI is InChI=1S/C27H27N5O3/c33-23-7-6-22(25(34)30-23)32-21-5-4-17(19-2-1-3-20(24(19)21)26(32)35)12-16-14-29-31(15-16)18-8-11-28-27(13-18)9-10-27/h1-5,14-15,18,22,28H,6-13H2,(H,30,33,34). The van der Waals surface area contributed by atoms with Crippen molar-refractivity contribution in [2.45, 2.75) is 62.6 Å².